The quantitative estimate of drug-likeness (QED) is 0.185. The molecule has 6 rings (SSSR count). The fraction of sp³-hybridized carbons (Fsp3) is 0.286. The molecular formula is C28H24N6O6S2. The zero-order chi connectivity index (χ0) is 29.1. The normalized spacial score (nSPS) is 16.9. The Balaban J connectivity index is 0.909. The molecule has 0 saturated heterocycles. The SMILES string of the molecule is O=C(CC1OC(=O)c2ccccc21)Nc1nnc(CCCCc2nnc(NC(=O)CC3OC(=O)c4ccccc43)s2)s1. The standard InChI is InChI=1S/C28H24N6O6S2/c35-21(13-19-15-7-1-3-9-17(15)25(37)39-19)29-27-33-31-23(41-27)11-5-6-12-24-32-34-28(42-24)30-22(36)14-20-16-8-2-4-10-18(16)26(38)40-20/h1-4,7-10,19-20H,5-6,11-14H2,(H,29,33,35)(H,30,34,36). The van der Waals surface area contributed by atoms with E-state index < -0.39 is 24.1 Å². The number of hydrogen-bond donors (Lipinski definition) is 2. The average Bonchev–Trinajstić information content (AvgIpc) is 3.75. The highest BCUT2D eigenvalue weighted by Crippen LogP contribution is 2.34. The first-order chi connectivity index (χ1) is 20.4. The zero-order valence-corrected chi connectivity index (χ0v) is 23.7. The molecule has 0 spiro atoms. The summed E-state index contributed by atoms with van der Waals surface area (Å²) >= 11 is 2.61. The number of fused-ring (bicyclic) bond motifs is 2. The van der Waals surface area contributed by atoms with Crippen LogP contribution in [0, 0.1) is 0 Å². The van der Waals surface area contributed by atoms with Gasteiger partial charge in [0.1, 0.15) is 22.2 Å². The molecule has 2 aliphatic rings. The molecule has 42 heavy (non-hydrogen) atoms. The highest BCUT2D eigenvalue weighted by molar-refractivity contribution is 7.15. The fourth-order valence-corrected chi connectivity index (χ4v) is 6.38. The number of esters is 2. The van der Waals surface area contributed by atoms with E-state index in [0.717, 1.165) is 22.9 Å². The number of anilines is 2. The number of aromatic nitrogens is 4. The first kappa shape index (κ1) is 27.6. The van der Waals surface area contributed by atoms with Gasteiger partial charge in [0.25, 0.3) is 0 Å². The van der Waals surface area contributed by atoms with Gasteiger partial charge in [-0.15, -0.1) is 20.4 Å². The lowest BCUT2D eigenvalue weighted by Gasteiger charge is -2.09. The van der Waals surface area contributed by atoms with Gasteiger partial charge >= 0.3 is 11.9 Å². The third-order valence-electron chi connectivity index (χ3n) is 6.75. The fourth-order valence-electron chi connectivity index (χ4n) is 4.78. The summed E-state index contributed by atoms with van der Waals surface area (Å²) in [5.41, 5.74) is 2.40. The molecule has 0 radical (unpaired) electrons. The van der Waals surface area contributed by atoms with Gasteiger partial charge in [-0.25, -0.2) is 9.59 Å². The molecule has 2 aliphatic heterocycles. The number of aryl methyl sites for hydroxylation is 2. The predicted molar refractivity (Wildman–Crippen MR) is 152 cm³/mol. The van der Waals surface area contributed by atoms with Gasteiger partial charge in [-0.2, -0.15) is 0 Å². The molecule has 0 saturated carbocycles. The molecule has 214 valence electrons. The van der Waals surface area contributed by atoms with Crippen molar-refractivity contribution in [3.8, 4) is 0 Å². The Labute approximate surface area is 247 Å². The van der Waals surface area contributed by atoms with Crippen LogP contribution < -0.4 is 10.6 Å². The van der Waals surface area contributed by atoms with Crippen molar-refractivity contribution >= 4 is 56.7 Å². The Hall–Kier alpha value is -4.56. The largest absolute Gasteiger partial charge is 0.453 e. The first-order valence-corrected chi connectivity index (χ1v) is 14.9. The second-order valence-corrected chi connectivity index (χ2v) is 11.8. The van der Waals surface area contributed by atoms with Crippen LogP contribution in [0.2, 0.25) is 0 Å². The van der Waals surface area contributed by atoms with Crippen LogP contribution in [0.4, 0.5) is 10.3 Å². The van der Waals surface area contributed by atoms with Crippen LogP contribution in [0.15, 0.2) is 48.5 Å². The van der Waals surface area contributed by atoms with Crippen LogP contribution >= 0.6 is 22.7 Å². The van der Waals surface area contributed by atoms with Crippen LogP contribution in [-0.2, 0) is 31.9 Å². The lowest BCUT2D eigenvalue weighted by Crippen LogP contribution is -2.15. The number of cyclic esters (lactones) is 2. The summed E-state index contributed by atoms with van der Waals surface area (Å²) in [4.78, 5) is 49.0. The number of carbonyl (C=O) groups excluding carboxylic acids is 4. The second-order valence-electron chi connectivity index (χ2n) is 9.68. The summed E-state index contributed by atoms with van der Waals surface area (Å²) in [5, 5.41) is 24.3. The maximum atomic E-state index is 12.5. The first-order valence-electron chi connectivity index (χ1n) is 13.3. The van der Waals surface area contributed by atoms with Crippen molar-refractivity contribution in [2.24, 2.45) is 0 Å². The van der Waals surface area contributed by atoms with Crippen LogP contribution in [-0.4, -0.2) is 44.1 Å². The Morgan fingerprint density at radius 1 is 0.667 bits per heavy atom. The van der Waals surface area contributed by atoms with Crippen LogP contribution in [0.3, 0.4) is 0 Å². The summed E-state index contributed by atoms with van der Waals surface area (Å²) in [6.45, 7) is 0. The zero-order valence-electron chi connectivity index (χ0n) is 22.1. The van der Waals surface area contributed by atoms with Crippen molar-refractivity contribution < 1.29 is 28.7 Å². The van der Waals surface area contributed by atoms with Crippen molar-refractivity contribution in [1.29, 1.82) is 0 Å². The number of ether oxygens (including phenoxy) is 2. The van der Waals surface area contributed by atoms with Crippen LogP contribution in [0.25, 0.3) is 0 Å². The van der Waals surface area contributed by atoms with Crippen molar-refractivity contribution in [1.82, 2.24) is 20.4 Å². The monoisotopic (exact) mass is 604 g/mol. The predicted octanol–water partition coefficient (Wildman–Crippen LogP) is 4.44. The van der Waals surface area contributed by atoms with E-state index in [0.29, 0.717) is 45.4 Å². The molecule has 2 amide bonds. The molecule has 12 nitrogen and oxygen atoms in total. The van der Waals surface area contributed by atoms with Gasteiger partial charge in [0.2, 0.25) is 22.1 Å². The maximum Gasteiger partial charge on any atom is 0.339 e. The van der Waals surface area contributed by atoms with Gasteiger partial charge < -0.3 is 20.1 Å². The lowest BCUT2D eigenvalue weighted by atomic mass is 10.0. The number of amides is 2. The van der Waals surface area contributed by atoms with E-state index in [4.69, 9.17) is 9.47 Å². The summed E-state index contributed by atoms with van der Waals surface area (Å²) in [6.07, 6.45) is 1.81. The summed E-state index contributed by atoms with van der Waals surface area (Å²) in [7, 11) is 0. The highest BCUT2D eigenvalue weighted by atomic mass is 32.1. The molecule has 0 bridgehead atoms. The number of nitrogens with zero attached hydrogens (tertiary/aromatic N) is 4. The third-order valence-corrected chi connectivity index (χ3v) is 8.55. The molecule has 2 atom stereocenters. The number of nitrogens with one attached hydrogen (secondary N) is 2. The molecule has 2 aromatic carbocycles. The van der Waals surface area contributed by atoms with E-state index in [-0.39, 0.29) is 24.7 Å². The lowest BCUT2D eigenvalue weighted by molar-refractivity contribution is -0.119. The number of unbranched alkanes of at least 4 members (excludes halogenated alkanes) is 1. The van der Waals surface area contributed by atoms with E-state index in [2.05, 4.69) is 31.0 Å². The molecule has 14 heteroatoms. The molecule has 2 N–H and O–H groups in total. The summed E-state index contributed by atoms with van der Waals surface area (Å²) in [6, 6.07) is 14.1. The minimum absolute atomic E-state index is 0.00392. The highest BCUT2D eigenvalue weighted by Gasteiger charge is 2.33. The van der Waals surface area contributed by atoms with Crippen molar-refractivity contribution in [3.63, 3.8) is 0 Å². The van der Waals surface area contributed by atoms with Crippen molar-refractivity contribution in [2.45, 2.75) is 50.7 Å². The van der Waals surface area contributed by atoms with Gasteiger partial charge in [-0.3, -0.25) is 9.59 Å². The number of hydrogen-bond acceptors (Lipinski definition) is 12. The molecular weight excluding hydrogens is 580 g/mol. The number of benzene rings is 2. The smallest absolute Gasteiger partial charge is 0.339 e. The molecule has 4 aromatic rings. The Morgan fingerprint density at radius 3 is 1.55 bits per heavy atom. The van der Waals surface area contributed by atoms with Crippen molar-refractivity contribution in [3.05, 3.63) is 80.8 Å². The molecule has 4 heterocycles. The molecule has 0 aliphatic carbocycles. The summed E-state index contributed by atoms with van der Waals surface area (Å²) < 4.78 is 10.7. The summed E-state index contributed by atoms with van der Waals surface area (Å²) in [5.74, 6) is -1.45. The molecule has 2 unspecified atom stereocenters. The number of carbonyl (C=O) groups is 4. The van der Waals surface area contributed by atoms with Crippen LogP contribution in [0.5, 0.6) is 0 Å². The van der Waals surface area contributed by atoms with Gasteiger partial charge in [-0.1, -0.05) is 59.1 Å². The minimum atomic E-state index is -0.611. The maximum absolute atomic E-state index is 12.5. The van der Waals surface area contributed by atoms with Crippen molar-refractivity contribution in [2.75, 3.05) is 10.6 Å². The Morgan fingerprint density at radius 2 is 1.10 bits per heavy atom. The van der Waals surface area contributed by atoms with E-state index in [1.54, 1.807) is 36.4 Å². The minimum Gasteiger partial charge on any atom is -0.453 e. The van der Waals surface area contributed by atoms with E-state index >= 15 is 0 Å². The van der Waals surface area contributed by atoms with Gasteiger partial charge in [0.15, 0.2) is 0 Å². The third kappa shape index (κ3) is 6.19. The van der Waals surface area contributed by atoms with Gasteiger partial charge in [-0.05, 0) is 25.0 Å². The molecule has 0 fully saturated rings. The number of rotatable bonds is 11. The van der Waals surface area contributed by atoms with E-state index in [1.807, 2.05) is 12.1 Å². The van der Waals surface area contributed by atoms with Gasteiger partial charge in [0, 0.05) is 24.0 Å². The Bertz CT molecular complexity index is 1550. The Kier molecular flexibility index (Phi) is 7.97. The van der Waals surface area contributed by atoms with E-state index in [1.165, 1.54) is 22.7 Å². The van der Waals surface area contributed by atoms with Crippen LogP contribution in [0.1, 0.15) is 79.7 Å². The van der Waals surface area contributed by atoms with E-state index in [9.17, 15) is 19.2 Å². The second kappa shape index (κ2) is 12.1. The van der Waals surface area contributed by atoms with Gasteiger partial charge in [0.05, 0.1) is 24.0 Å². The molecule has 2 aromatic heterocycles. The topological polar surface area (TPSA) is 162 Å². The average molecular weight is 605 g/mol.